The molecule has 1 aliphatic heterocycles. The first kappa shape index (κ1) is 22.3. The van der Waals surface area contributed by atoms with Gasteiger partial charge in [0.2, 0.25) is 5.91 Å². The van der Waals surface area contributed by atoms with Crippen LogP contribution in [0.25, 0.3) is 10.8 Å². The molecule has 1 heterocycles. The number of hydrogen-bond acceptors (Lipinski definition) is 6. The Morgan fingerprint density at radius 3 is 2.53 bits per heavy atom. The molecule has 1 aliphatic rings. The molecule has 3 aromatic rings. The lowest BCUT2D eigenvalue weighted by atomic mass is 10.0. The predicted octanol–water partition coefficient (Wildman–Crippen LogP) is 3.82. The highest BCUT2D eigenvalue weighted by molar-refractivity contribution is 8.15. The number of aliphatic hydroxyl groups is 1. The van der Waals surface area contributed by atoms with Gasteiger partial charge in [0.05, 0.1) is 11.4 Å². The highest BCUT2D eigenvalue weighted by Gasteiger charge is 2.31. The van der Waals surface area contributed by atoms with Gasteiger partial charge in [-0.15, -0.1) is 0 Å². The van der Waals surface area contributed by atoms with Crippen molar-refractivity contribution in [1.82, 2.24) is 10.6 Å². The second-order valence-electron chi connectivity index (χ2n) is 7.97. The van der Waals surface area contributed by atoms with E-state index in [-0.39, 0.29) is 22.4 Å². The molecule has 2 amide bonds. The van der Waals surface area contributed by atoms with E-state index in [9.17, 15) is 14.7 Å². The Kier molecular flexibility index (Phi) is 7.09. The molecule has 3 N–H and O–H groups in total. The standard InChI is InChI=1S/C25H26N2O4S/c1-16(26-14-22(28)20-9-8-18-4-2-3-5-19(18)13-20)15-31-21-10-6-17(7-11-21)12-23-24(29)27-25(30)32-23/h2-11,13,16,22-23,26,28H,12,14-15H2,1H3,(H,27,29,30). The van der Waals surface area contributed by atoms with Crippen LogP contribution in [0, 0.1) is 0 Å². The first-order chi connectivity index (χ1) is 15.5. The van der Waals surface area contributed by atoms with E-state index < -0.39 is 6.10 Å². The summed E-state index contributed by atoms with van der Waals surface area (Å²) in [6.07, 6.45) is -0.0912. The van der Waals surface area contributed by atoms with Crippen molar-refractivity contribution in [2.24, 2.45) is 0 Å². The van der Waals surface area contributed by atoms with E-state index in [1.165, 1.54) is 0 Å². The van der Waals surface area contributed by atoms with Crippen molar-refractivity contribution < 1.29 is 19.4 Å². The zero-order chi connectivity index (χ0) is 22.5. The molecule has 0 saturated carbocycles. The molecule has 32 heavy (non-hydrogen) atoms. The predicted molar refractivity (Wildman–Crippen MR) is 127 cm³/mol. The normalized spacial score (nSPS) is 17.9. The quantitative estimate of drug-likeness (QED) is 0.459. The lowest BCUT2D eigenvalue weighted by Crippen LogP contribution is -2.34. The SMILES string of the molecule is CC(COc1ccc(CC2SC(=O)NC2=O)cc1)NCC(O)c1ccc2ccccc2c1. The first-order valence-electron chi connectivity index (χ1n) is 10.6. The summed E-state index contributed by atoms with van der Waals surface area (Å²) in [4.78, 5) is 23.0. The Labute approximate surface area is 191 Å². The summed E-state index contributed by atoms with van der Waals surface area (Å²) in [5.41, 5.74) is 1.86. The summed E-state index contributed by atoms with van der Waals surface area (Å²) in [5.74, 6) is 0.503. The number of carbonyl (C=O) groups is 2. The molecule has 3 unspecified atom stereocenters. The monoisotopic (exact) mass is 450 g/mol. The van der Waals surface area contributed by atoms with Gasteiger partial charge in [0.1, 0.15) is 12.4 Å². The molecule has 0 radical (unpaired) electrons. The Hall–Kier alpha value is -2.87. The van der Waals surface area contributed by atoms with Gasteiger partial charge in [0, 0.05) is 12.6 Å². The highest BCUT2D eigenvalue weighted by atomic mass is 32.2. The van der Waals surface area contributed by atoms with E-state index in [4.69, 9.17) is 4.74 Å². The Morgan fingerprint density at radius 1 is 1.06 bits per heavy atom. The number of hydrogen-bond donors (Lipinski definition) is 3. The van der Waals surface area contributed by atoms with Crippen LogP contribution in [0.4, 0.5) is 4.79 Å². The molecule has 0 aliphatic carbocycles. The largest absolute Gasteiger partial charge is 0.492 e. The molecular formula is C25H26N2O4S. The number of fused-ring (bicyclic) bond motifs is 1. The number of thioether (sulfide) groups is 1. The Balaban J connectivity index is 1.22. The third-order valence-corrected chi connectivity index (χ3v) is 6.41. The number of ether oxygens (including phenoxy) is 1. The lowest BCUT2D eigenvalue weighted by Gasteiger charge is -2.18. The maximum atomic E-state index is 11.7. The van der Waals surface area contributed by atoms with E-state index in [1.54, 1.807) is 0 Å². The average Bonchev–Trinajstić information content (AvgIpc) is 3.12. The Morgan fingerprint density at radius 2 is 1.81 bits per heavy atom. The number of rotatable bonds is 9. The van der Waals surface area contributed by atoms with E-state index in [0.717, 1.165) is 39.4 Å². The van der Waals surface area contributed by atoms with Crippen molar-refractivity contribution in [2.75, 3.05) is 13.2 Å². The van der Waals surface area contributed by atoms with Gasteiger partial charge in [-0.25, -0.2) is 0 Å². The minimum Gasteiger partial charge on any atom is -0.492 e. The van der Waals surface area contributed by atoms with E-state index in [1.807, 2.05) is 67.6 Å². The van der Waals surface area contributed by atoms with Gasteiger partial charge in [0.25, 0.3) is 5.24 Å². The van der Waals surface area contributed by atoms with Crippen LogP contribution in [0.1, 0.15) is 24.2 Å². The number of nitrogens with one attached hydrogen (secondary N) is 2. The summed E-state index contributed by atoms with van der Waals surface area (Å²) in [5, 5.41) is 17.8. The smallest absolute Gasteiger partial charge is 0.286 e. The second kappa shape index (κ2) is 10.2. The van der Waals surface area contributed by atoms with Crippen LogP contribution >= 0.6 is 11.8 Å². The van der Waals surface area contributed by atoms with Gasteiger partial charge in [-0.2, -0.15) is 0 Å². The van der Waals surface area contributed by atoms with Crippen molar-refractivity contribution in [3.63, 3.8) is 0 Å². The number of amides is 2. The molecular weight excluding hydrogens is 424 g/mol. The van der Waals surface area contributed by atoms with Gasteiger partial charge in [-0.1, -0.05) is 60.3 Å². The summed E-state index contributed by atoms with van der Waals surface area (Å²) in [6, 6.07) is 21.7. The molecule has 4 rings (SSSR count). The van der Waals surface area contributed by atoms with Crippen molar-refractivity contribution in [2.45, 2.75) is 30.7 Å². The molecule has 0 aromatic heterocycles. The molecule has 3 aromatic carbocycles. The van der Waals surface area contributed by atoms with Gasteiger partial charge in [0.15, 0.2) is 0 Å². The van der Waals surface area contributed by atoms with Crippen LogP contribution in [0.3, 0.4) is 0 Å². The van der Waals surface area contributed by atoms with Crippen LogP contribution in [-0.4, -0.2) is 40.7 Å². The third-order valence-electron chi connectivity index (χ3n) is 5.43. The van der Waals surface area contributed by atoms with Crippen molar-refractivity contribution in [1.29, 1.82) is 0 Å². The fourth-order valence-electron chi connectivity index (χ4n) is 3.59. The maximum absolute atomic E-state index is 11.7. The highest BCUT2D eigenvalue weighted by Crippen LogP contribution is 2.24. The van der Waals surface area contributed by atoms with Crippen molar-refractivity contribution in [3.8, 4) is 5.75 Å². The summed E-state index contributed by atoms with van der Waals surface area (Å²) in [6.45, 7) is 2.90. The van der Waals surface area contributed by atoms with Crippen molar-refractivity contribution >= 4 is 33.7 Å². The fraction of sp³-hybridized carbons (Fsp3) is 0.280. The maximum Gasteiger partial charge on any atom is 0.286 e. The van der Waals surface area contributed by atoms with E-state index >= 15 is 0 Å². The van der Waals surface area contributed by atoms with Gasteiger partial charge in [-0.3, -0.25) is 14.9 Å². The number of aliphatic hydroxyl groups excluding tert-OH is 1. The summed E-state index contributed by atoms with van der Waals surface area (Å²) < 4.78 is 5.84. The van der Waals surface area contributed by atoms with Crippen molar-refractivity contribution in [3.05, 3.63) is 77.9 Å². The molecule has 7 heteroatoms. The minimum absolute atomic E-state index is 0.0504. The second-order valence-corrected chi connectivity index (χ2v) is 9.15. The van der Waals surface area contributed by atoms with Crippen LogP contribution < -0.4 is 15.4 Å². The molecule has 166 valence electrons. The van der Waals surface area contributed by atoms with Gasteiger partial charge >= 0.3 is 0 Å². The van der Waals surface area contributed by atoms with E-state index in [2.05, 4.69) is 16.7 Å². The Bertz CT molecular complexity index is 1100. The zero-order valence-corrected chi connectivity index (χ0v) is 18.6. The van der Waals surface area contributed by atoms with Crippen LogP contribution in [-0.2, 0) is 11.2 Å². The van der Waals surface area contributed by atoms with E-state index in [0.29, 0.717) is 19.6 Å². The first-order valence-corrected chi connectivity index (χ1v) is 11.5. The van der Waals surface area contributed by atoms with Gasteiger partial charge in [-0.05, 0) is 53.4 Å². The van der Waals surface area contributed by atoms with Crippen LogP contribution in [0.5, 0.6) is 5.75 Å². The molecule has 1 fully saturated rings. The summed E-state index contributed by atoms with van der Waals surface area (Å²) in [7, 11) is 0. The van der Waals surface area contributed by atoms with Gasteiger partial charge < -0.3 is 15.2 Å². The number of carbonyl (C=O) groups excluding carboxylic acids is 2. The minimum atomic E-state index is -0.598. The van der Waals surface area contributed by atoms with Crippen LogP contribution in [0.2, 0.25) is 0 Å². The number of benzene rings is 3. The topological polar surface area (TPSA) is 87.7 Å². The molecule has 3 atom stereocenters. The number of imide groups is 1. The average molecular weight is 451 g/mol. The zero-order valence-electron chi connectivity index (χ0n) is 17.8. The molecule has 1 saturated heterocycles. The summed E-state index contributed by atoms with van der Waals surface area (Å²) >= 11 is 1.03. The molecule has 0 spiro atoms. The van der Waals surface area contributed by atoms with Crippen LogP contribution in [0.15, 0.2) is 66.7 Å². The lowest BCUT2D eigenvalue weighted by molar-refractivity contribution is -0.118. The fourth-order valence-corrected chi connectivity index (χ4v) is 4.45. The molecule has 0 bridgehead atoms. The third kappa shape index (κ3) is 5.68. The molecule has 6 nitrogen and oxygen atoms in total.